The van der Waals surface area contributed by atoms with Gasteiger partial charge in [-0.1, -0.05) is 121 Å². The van der Waals surface area contributed by atoms with Crippen LogP contribution in [-0.4, -0.2) is 205 Å². The number of anilines is 2. The minimum absolute atomic E-state index is 0.0268. The molecule has 2 fully saturated rings. The number of alkyl carbamates (subject to hydrolysis) is 2. The molecule has 2 saturated heterocycles. The third-order valence-corrected chi connectivity index (χ3v) is 18.9. The largest absolute Gasteiger partial charge is 0.481 e. The molecular formula is C76H96N12O22S2. The molecule has 6 aromatic rings. The number of thioether (sulfide) groups is 2. The molecule has 8 amide bonds. The summed E-state index contributed by atoms with van der Waals surface area (Å²) in [6, 6.07) is 30.4. The van der Waals surface area contributed by atoms with Gasteiger partial charge in [-0.2, -0.15) is 9.97 Å². The number of ether oxygens (including phenoxy) is 4. The fourth-order valence-electron chi connectivity index (χ4n) is 11.3. The lowest BCUT2D eigenvalue weighted by molar-refractivity contribution is -0.142. The zero-order valence-corrected chi connectivity index (χ0v) is 64.1. The van der Waals surface area contributed by atoms with Crippen molar-refractivity contribution in [3.63, 3.8) is 0 Å². The highest BCUT2D eigenvalue weighted by Gasteiger charge is 2.36. The van der Waals surface area contributed by atoms with Gasteiger partial charge < -0.3 is 92.1 Å². The molecule has 0 aliphatic carbocycles. The zero-order valence-electron chi connectivity index (χ0n) is 62.5. The smallest absolute Gasteiger partial charge is 0.407 e. The van der Waals surface area contributed by atoms with Crippen LogP contribution in [0.1, 0.15) is 115 Å². The fraction of sp³-hybridized carbons (Fsp3) is 0.447. The van der Waals surface area contributed by atoms with E-state index in [0.717, 1.165) is 11.1 Å². The molecular weight excluding hydrogens is 1500 g/mol. The number of carboxylic acid groups (broad SMARTS) is 2. The fourth-order valence-corrected chi connectivity index (χ4v) is 13.2. The first-order valence-corrected chi connectivity index (χ1v) is 38.0. The number of carboxylic acids is 2. The quantitative estimate of drug-likeness (QED) is 0.0268. The Bertz CT molecular complexity index is 4250. The summed E-state index contributed by atoms with van der Waals surface area (Å²) < 4.78 is 24.4. The van der Waals surface area contributed by atoms with Crippen LogP contribution in [0, 0.1) is 0 Å². The van der Waals surface area contributed by atoms with Crippen molar-refractivity contribution in [2.75, 3.05) is 35.4 Å². The summed E-state index contributed by atoms with van der Waals surface area (Å²) in [5, 5.41) is 80.7. The van der Waals surface area contributed by atoms with E-state index in [1.807, 2.05) is 0 Å². The summed E-state index contributed by atoms with van der Waals surface area (Å²) in [6.07, 6.45) is -5.64. The van der Waals surface area contributed by atoms with Crippen LogP contribution in [0.25, 0.3) is 0 Å². The average Bonchev–Trinajstić information content (AvgIpc) is 1.38. The van der Waals surface area contributed by atoms with Gasteiger partial charge in [0.05, 0.1) is 50.3 Å². The van der Waals surface area contributed by atoms with Crippen molar-refractivity contribution in [1.29, 1.82) is 0 Å². The normalized spacial score (nSPS) is 17.4. The van der Waals surface area contributed by atoms with Crippen molar-refractivity contribution in [2.24, 2.45) is 0 Å². The average molecular weight is 1590 g/mol. The summed E-state index contributed by atoms with van der Waals surface area (Å²) in [6.45, 7) is 9.61. The summed E-state index contributed by atoms with van der Waals surface area (Å²) >= 11 is 2.67. The summed E-state index contributed by atoms with van der Waals surface area (Å²) in [5.41, 5.74) is -1.27. The SMILES string of the molecule is CC(C)(C)OC(=O)N[C@@H](Cc1ccccc1)[C@@H](O)CC(=O)N[C@@H](CCC(=O)Nc1ccn([C@H]2CS[C@@H](CO)O2)c(=O)n1)C(=O)N[C@@H](Cc1ccccc1)C(=O)O.CC(C)(C)OC(=O)N[C@@H](Cc1ccccc1)[C@@H](O)CC(=O)N[C@@H](CCC(=O)O)C(=O)N[C@@H](Cc1ccccc1)C(=O)Nc1ccn([C@H]2CS[C@@H](CO)O2)c(=O)n1. The molecule has 604 valence electrons. The molecule has 0 bridgehead atoms. The highest BCUT2D eigenvalue weighted by atomic mass is 32.2. The van der Waals surface area contributed by atoms with Crippen LogP contribution in [0.15, 0.2) is 155 Å². The highest BCUT2D eigenvalue weighted by Crippen LogP contribution is 2.32. The molecule has 34 nitrogen and oxygen atoms in total. The molecule has 2 aromatic heterocycles. The van der Waals surface area contributed by atoms with Crippen LogP contribution in [0.4, 0.5) is 21.2 Å². The highest BCUT2D eigenvalue weighted by molar-refractivity contribution is 8.00. The number of carbonyl (C=O) groups is 10. The van der Waals surface area contributed by atoms with E-state index in [1.165, 1.54) is 57.2 Å². The van der Waals surface area contributed by atoms with Gasteiger partial charge in [-0.3, -0.25) is 42.7 Å². The Morgan fingerprint density at radius 2 is 0.839 bits per heavy atom. The van der Waals surface area contributed by atoms with Gasteiger partial charge in [0.2, 0.25) is 35.4 Å². The van der Waals surface area contributed by atoms with E-state index >= 15 is 0 Å². The second kappa shape index (κ2) is 43.3. The van der Waals surface area contributed by atoms with Gasteiger partial charge in [-0.25, -0.2) is 24.0 Å². The molecule has 36 heteroatoms. The first-order chi connectivity index (χ1) is 53.2. The van der Waals surface area contributed by atoms with E-state index in [2.05, 4.69) is 52.5 Å². The number of aliphatic hydroxyl groups excluding tert-OH is 4. The van der Waals surface area contributed by atoms with Crippen LogP contribution in [0.2, 0.25) is 0 Å². The zero-order chi connectivity index (χ0) is 81.7. The Kier molecular flexibility index (Phi) is 34.2. The van der Waals surface area contributed by atoms with Crippen LogP contribution >= 0.6 is 23.5 Å². The maximum Gasteiger partial charge on any atom is 0.407 e. The molecule has 0 saturated carbocycles. The third kappa shape index (κ3) is 30.6. The van der Waals surface area contributed by atoms with Gasteiger partial charge in [0, 0.05) is 49.6 Å². The van der Waals surface area contributed by atoms with Crippen LogP contribution < -0.4 is 53.9 Å². The Morgan fingerprint density at radius 3 is 1.20 bits per heavy atom. The minimum atomic E-state index is -1.46. The molecule has 0 radical (unpaired) electrons. The molecule has 8 rings (SSSR count). The number of aliphatic hydroxyl groups is 4. The Morgan fingerprint density at radius 1 is 0.473 bits per heavy atom. The van der Waals surface area contributed by atoms with Crippen molar-refractivity contribution >= 4 is 94.7 Å². The van der Waals surface area contributed by atoms with Gasteiger partial charge in [-0.05, 0) is 102 Å². The van der Waals surface area contributed by atoms with Gasteiger partial charge in [0.25, 0.3) is 0 Å². The third-order valence-electron chi connectivity index (χ3n) is 16.7. The minimum Gasteiger partial charge on any atom is -0.481 e. The second-order valence-electron chi connectivity index (χ2n) is 28.1. The number of carbonyl (C=O) groups excluding carboxylic acids is 8. The van der Waals surface area contributed by atoms with Gasteiger partial charge in [0.1, 0.15) is 70.3 Å². The lowest BCUT2D eigenvalue weighted by atomic mass is 9.98. The number of amides is 8. The molecule has 0 spiro atoms. The first-order valence-electron chi connectivity index (χ1n) is 35.9. The van der Waals surface area contributed by atoms with Crippen molar-refractivity contribution < 1.29 is 97.5 Å². The number of aromatic nitrogens is 4. The second-order valence-corrected chi connectivity index (χ2v) is 30.5. The van der Waals surface area contributed by atoms with E-state index in [9.17, 15) is 88.2 Å². The molecule has 0 unspecified atom stereocenters. The molecule has 4 aromatic carbocycles. The lowest BCUT2D eigenvalue weighted by Gasteiger charge is -2.27. The van der Waals surface area contributed by atoms with E-state index in [1.54, 1.807) is 163 Å². The molecule has 2 aliphatic rings. The van der Waals surface area contributed by atoms with Gasteiger partial charge in [0.15, 0.2) is 0 Å². The molecule has 14 N–H and O–H groups in total. The molecule has 112 heavy (non-hydrogen) atoms. The summed E-state index contributed by atoms with van der Waals surface area (Å²) in [7, 11) is 0. The van der Waals surface area contributed by atoms with E-state index in [-0.39, 0.29) is 69.8 Å². The monoisotopic (exact) mass is 1590 g/mol. The number of nitrogens with zero attached hydrogens (tertiary/aromatic N) is 4. The Hall–Kier alpha value is -10.6. The van der Waals surface area contributed by atoms with Gasteiger partial charge in [-0.15, -0.1) is 23.5 Å². The van der Waals surface area contributed by atoms with Crippen LogP contribution in [-0.2, 0) is 83.0 Å². The molecule has 12 atom stereocenters. The first kappa shape index (κ1) is 88.6. The maximum atomic E-state index is 13.7. The molecule has 4 heterocycles. The maximum absolute atomic E-state index is 13.7. The Labute approximate surface area is 653 Å². The van der Waals surface area contributed by atoms with E-state index < -0.39 is 173 Å². The number of aliphatic carboxylic acids is 2. The molecule has 2 aliphatic heterocycles. The van der Waals surface area contributed by atoms with E-state index in [0.29, 0.717) is 22.6 Å². The number of hydrogen-bond donors (Lipinski definition) is 14. The topological polar surface area (TPSA) is 495 Å². The Balaban J connectivity index is 0.000000311. The van der Waals surface area contributed by atoms with Crippen molar-refractivity contribution in [2.45, 2.75) is 189 Å². The number of nitrogens with one attached hydrogen (secondary N) is 8. The van der Waals surface area contributed by atoms with E-state index in [4.69, 9.17) is 18.9 Å². The summed E-state index contributed by atoms with van der Waals surface area (Å²) in [5.74, 6) is -6.79. The predicted molar refractivity (Wildman–Crippen MR) is 411 cm³/mol. The number of benzene rings is 4. The van der Waals surface area contributed by atoms with Gasteiger partial charge >= 0.3 is 35.5 Å². The van der Waals surface area contributed by atoms with Crippen LogP contribution in [0.3, 0.4) is 0 Å². The lowest BCUT2D eigenvalue weighted by Crippen LogP contribution is -2.54. The van der Waals surface area contributed by atoms with Crippen molar-refractivity contribution in [3.05, 3.63) is 189 Å². The summed E-state index contributed by atoms with van der Waals surface area (Å²) in [4.78, 5) is 163. The van der Waals surface area contributed by atoms with Crippen molar-refractivity contribution in [1.82, 2.24) is 51.0 Å². The van der Waals surface area contributed by atoms with Crippen LogP contribution in [0.5, 0.6) is 0 Å². The predicted octanol–water partition coefficient (Wildman–Crippen LogP) is 3.45. The number of rotatable bonds is 36. The number of hydrogen-bond acceptors (Lipinski definition) is 24. The standard InChI is InChI=1S/2C38H48N6O11S/c1-38(2,3)55-37(53)41-26(18-23-10-6-4-7-11-23)28(46)20-30(47)39-25(14-15-32(48)49)34(50)40-27(19-24-12-8-5-9-13-24)35(51)42-29-16-17-44(36(52)43-29)31-22-56-33(21-45)54-31;1-38(2,3)55-37(53)41-26(18-23-10-6-4-7-11-23)28(46)20-31(48)39-25(34(49)40-27(35(50)51)19-24-12-8-5-9-13-24)14-15-30(47)42-29-16-17-44(36(52)43-29)32-22-56-33(21-45)54-32/h4-13,16-17,25-28,31,33,45-46H,14-15,18-22H2,1-3H3,(H,39,47)(H,40,50)(H,41,53)(H,48,49)(H,42,43,51,52);4-13,16-17,25-28,32-33,45-46H,14-15,18-22H2,1-3H3,(H,39,48)(H,40,49)(H,41,53)(H,50,51)(H,42,43,47,52)/t25-,26-,27-,28-,31+,33-;25-,26-,27-,28-,32+,33-/m00/s1. The van der Waals surface area contributed by atoms with Crippen molar-refractivity contribution in [3.8, 4) is 0 Å².